The van der Waals surface area contributed by atoms with Crippen LogP contribution in [0, 0.1) is 21.4 Å². The topological polar surface area (TPSA) is 92.3 Å². The van der Waals surface area contributed by atoms with Crippen LogP contribution in [0.4, 0.5) is 11.5 Å². The maximum Gasteiger partial charge on any atom is 0.329 e. The van der Waals surface area contributed by atoms with Gasteiger partial charge in [0.05, 0.1) is 11.5 Å². The third-order valence-corrected chi connectivity index (χ3v) is 3.99. The van der Waals surface area contributed by atoms with Crippen molar-refractivity contribution in [3.8, 4) is 11.8 Å². The van der Waals surface area contributed by atoms with Crippen molar-refractivity contribution in [2.45, 2.75) is 12.5 Å². The fourth-order valence-corrected chi connectivity index (χ4v) is 2.87. The predicted molar refractivity (Wildman–Crippen MR) is 88.3 cm³/mol. The summed E-state index contributed by atoms with van der Waals surface area (Å²) in [5, 5.41) is 21.0. The summed E-state index contributed by atoms with van der Waals surface area (Å²) in [5.41, 5.74) is -0.257. The molecule has 1 aromatic carbocycles. The van der Waals surface area contributed by atoms with Gasteiger partial charge in [0.2, 0.25) is 5.82 Å². The Balaban J connectivity index is 1.79. The van der Waals surface area contributed by atoms with E-state index in [4.69, 9.17) is 21.6 Å². The van der Waals surface area contributed by atoms with E-state index < -0.39 is 4.92 Å². The van der Waals surface area contributed by atoms with Gasteiger partial charge in [0.25, 0.3) is 0 Å². The van der Waals surface area contributed by atoms with Crippen LogP contribution < -0.4 is 9.64 Å². The third-order valence-electron chi connectivity index (χ3n) is 3.75. The van der Waals surface area contributed by atoms with Gasteiger partial charge in [-0.15, -0.1) is 0 Å². The Bertz CT molecular complexity index is 821. The smallest absolute Gasteiger partial charge is 0.329 e. The van der Waals surface area contributed by atoms with Crippen LogP contribution in [0.2, 0.25) is 5.02 Å². The molecule has 0 N–H and O–H groups in total. The van der Waals surface area contributed by atoms with E-state index in [1.165, 1.54) is 12.3 Å². The number of aromatic nitrogens is 1. The van der Waals surface area contributed by atoms with Gasteiger partial charge in [-0.2, -0.15) is 5.26 Å². The Morgan fingerprint density at radius 1 is 1.46 bits per heavy atom. The van der Waals surface area contributed by atoms with E-state index in [9.17, 15) is 10.1 Å². The molecule has 0 radical (unpaired) electrons. The summed E-state index contributed by atoms with van der Waals surface area (Å²) in [7, 11) is 0. The fraction of sp³-hybridized carbons (Fsp3) is 0.250. The molecule has 1 unspecified atom stereocenters. The summed E-state index contributed by atoms with van der Waals surface area (Å²) in [5.74, 6) is 0.860. The molecule has 1 fully saturated rings. The van der Waals surface area contributed by atoms with Crippen LogP contribution in [0.3, 0.4) is 0 Å². The first-order valence-corrected chi connectivity index (χ1v) is 7.67. The van der Waals surface area contributed by atoms with E-state index in [2.05, 4.69) is 4.98 Å². The lowest BCUT2D eigenvalue weighted by Gasteiger charge is -2.18. The number of ether oxygens (including phenoxy) is 1. The number of hydrogen-bond donors (Lipinski definition) is 0. The van der Waals surface area contributed by atoms with Crippen LogP contribution >= 0.6 is 11.6 Å². The van der Waals surface area contributed by atoms with Crippen LogP contribution in [0.15, 0.2) is 36.5 Å². The van der Waals surface area contributed by atoms with Gasteiger partial charge in [-0.05, 0) is 24.3 Å². The first kappa shape index (κ1) is 16.0. The van der Waals surface area contributed by atoms with Gasteiger partial charge < -0.3 is 9.64 Å². The molecule has 24 heavy (non-hydrogen) atoms. The normalized spacial score (nSPS) is 16.7. The molecule has 1 saturated heterocycles. The molecule has 8 heteroatoms. The number of nitriles is 1. The van der Waals surface area contributed by atoms with Gasteiger partial charge in [0.15, 0.2) is 0 Å². The summed E-state index contributed by atoms with van der Waals surface area (Å²) >= 11 is 5.94. The molecule has 0 saturated carbocycles. The molecular weight excluding hydrogens is 332 g/mol. The molecule has 1 aliphatic rings. The van der Waals surface area contributed by atoms with Gasteiger partial charge in [0.1, 0.15) is 23.5 Å². The quantitative estimate of drug-likeness (QED) is 0.624. The second-order valence-corrected chi connectivity index (χ2v) is 5.77. The number of benzene rings is 1. The second kappa shape index (κ2) is 6.72. The van der Waals surface area contributed by atoms with Crippen LogP contribution in [0.1, 0.15) is 12.0 Å². The largest absolute Gasteiger partial charge is 0.488 e. The highest BCUT2D eigenvalue weighted by Gasteiger charge is 2.31. The zero-order valence-corrected chi connectivity index (χ0v) is 13.3. The number of rotatable bonds is 4. The highest BCUT2D eigenvalue weighted by Crippen LogP contribution is 2.32. The molecule has 0 spiro atoms. The van der Waals surface area contributed by atoms with E-state index >= 15 is 0 Å². The van der Waals surface area contributed by atoms with Crippen molar-refractivity contribution in [3.05, 3.63) is 57.2 Å². The maximum atomic E-state index is 11.3. The lowest BCUT2D eigenvalue weighted by atomic mass is 10.2. The average molecular weight is 345 g/mol. The number of anilines is 1. The minimum Gasteiger partial charge on any atom is -0.488 e. The van der Waals surface area contributed by atoms with Crippen molar-refractivity contribution in [2.24, 2.45) is 0 Å². The molecule has 122 valence electrons. The molecule has 2 aromatic rings. The van der Waals surface area contributed by atoms with E-state index in [1.807, 2.05) is 12.1 Å². The summed E-state index contributed by atoms with van der Waals surface area (Å²) in [6, 6.07) is 10.3. The van der Waals surface area contributed by atoms with Crippen LogP contribution in [0.5, 0.6) is 5.75 Å². The van der Waals surface area contributed by atoms with Gasteiger partial charge in [-0.3, -0.25) is 10.1 Å². The number of pyridine rings is 1. The minimum absolute atomic E-state index is 0.00390. The second-order valence-electron chi connectivity index (χ2n) is 5.33. The van der Waals surface area contributed by atoms with E-state index in [1.54, 1.807) is 23.1 Å². The highest BCUT2D eigenvalue weighted by molar-refractivity contribution is 6.30. The summed E-state index contributed by atoms with van der Waals surface area (Å²) in [6.07, 6.45) is 1.98. The Kier molecular flexibility index (Phi) is 4.49. The van der Waals surface area contributed by atoms with Crippen LogP contribution in [-0.2, 0) is 0 Å². The number of hydrogen-bond acceptors (Lipinski definition) is 6. The molecule has 0 amide bonds. The molecule has 3 rings (SSSR count). The molecule has 0 bridgehead atoms. The minimum atomic E-state index is -0.563. The number of nitrogens with zero attached hydrogens (tertiary/aromatic N) is 4. The first-order chi connectivity index (χ1) is 11.6. The van der Waals surface area contributed by atoms with Gasteiger partial charge >= 0.3 is 5.69 Å². The third kappa shape index (κ3) is 3.24. The molecule has 1 aromatic heterocycles. The van der Waals surface area contributed by atoms with Crippen LogP contribution in [0.25, 0.3) is 0 Å². The van der Waals surface area contributed by atoms with E-state index in [-0.39, 0.29) is 23.2 Å². The SMILES string of the molecule is N#Cc1ccnc(N2CCC(Oc3cccc(Cl)c3)C2)c1[N+](=O)[O-]. The number of halogens is 1. The highest BCUT2D eigenvalue weighted by atomic mass is 35.5. The van der Waals surface area contributed by atoms with Crippen molar-refractivity contribution >= 4 is 23.1 Å². The monoisotopic (exact) mass is 344 g/mol. The van der Waals surface area contributed by atoms with Crippen molar-refractivity contribution < 1.29 is 9.66 Å². The molecule has 1 aliphatic heterocycles. The molecule has 1 atom stereocenters. The lowest BCUT2D eigenvalue weighted by molar-refractivity contribution is -0.384. The van der Waals surface area contributed by atoms with Gasteiger partial charge in [0, 0.05) is 24.2 Å². The fourth-order valence-electron chi connectivity index (χ4n) is 2.69. The van der Waals surface area contributed by atoms with Crippen molar-refractivity contribution in [3.63, 3.8) is 0 Å². The Morgan fingerprint density at radius 2 is 2.29 bits per heavy atom. The van der Waals surface area contributed by atoms with Crippen molar-refractivity contribution in [2.75, 3.05) is 18.0 Å². The zero-order chi connectivity index (χ0) is 17.1. The zero-order valence-electron chi connectivity index (χ0n) is 12.6. The Hall–Kier alpha value is -2.85. The van der Waals surface area contributed by atoms with Crippen LogP contribution in [-0.4, -0.2) is 29.1 Å². The van der Waals surface area contributed by atoms with Gasteiger partial charge in [-0.25, -0.2) is 4.98 Å². The summed E-state index contributed by atoms with van der Waals surface area (Å²) < 4.78 is 5.88. The van der Waals surface area contributed by atoms with Gasteiger partial charge in [-0.1, -0.05) is 17.7 Å². The Morgan fingerprint density at radius 3 is 3.00 bits per heavy atom. The maximum absolute atomic E-state index is 11.3. The van der Waals surface area contributed by atoms with Crippen molar-refractivity contribution in [1.29, 1.82) is 5.26 Å². The number of nitro groups is 1. The van der Waals surface area contributed by atoms with E-state index in [0.29, 0.717) is 30.3 Å². The lowest BCUT2D eigenvalue weighted by Crippen LogP contribution is -2.26. The predicted octanol–water partition coefficient (Wildman–Crippen LogP) is 3.17. The molecule has 0 aliphatic carbocycles. The first-order valence-electron chi connectivity index (χ1n) is 7.29. The molecular formula is C16H13ClN4O3. The molecule has 7 nitrogen and oxygen atoms in total. The Labute approximate surface area is 143 Å². The van der Waals surface area contributed by atoms with E-state index in [0.717, 1.165) is 0 Å². The van der Waals surface area contributed by atoms with Crippen molar-refractivity contribution in [1.82, 2.24) is 4.98 Å². The average Bonchev–Trinajstić information content (AvgIpc) is 3.02. The molecule has 2 heterocycles. The summed E-state index contributed by atoms with van der Waals surface area (Å²) in [6.45, 7) is 1.02. The summed E-state index contributed by atoms with van der Waals surface area (Å²) in [4.78, 5) is 16.6. The standard InChI is InChI=1S/C16H13ClN4O3/c17-12-2-1-3-13(8-12)24-14-5-7-20(10-14)16-15(21(22)23)11(9-18)4-6-19-16/h1-4,6,8,14H,5,7,10H2.